The minimum atomic E-state index is -0.0418. The molecule has 0 radical (unpaired) electrons. The number of esters is 1. The first kappa shape index (κ1) is 39.3. The molecule has 5 heteroatoms. The zero-order chi connectivity index (χ0) is 29.4. The molecule has 0 fully saturated rings. The Labute approximate surface area is 255 Å². The smallest absolute Gasteiger partial charge is 0.306 e. The Bertz CT molecular complexity index is 556. The fourth-order valence-electron chi connectivity index (χ4n) is 5.19. The summed E-state index contributed by atoms with van der Waals surface area (Å²) in [6, 6.07) is 0. The Morgan fingerprint density at radius 1 is 0.625 bits per heavy atom. The van der Waals surface area contributed by atoms with Gasteiger partial charge in [0.15, 0.2) is 0 Å². The second kappa shape index (κ2) is 32.8. The fraction of sp³-hybridized carbons (Fsp3) is 0.943. The molecule has 0 spiro atoms. The molecular formula is C35H70N2O2S. The molecule has 0 bridgehead atoms. The van der Waals surface area contributed by atoms with Gasteiger partial charge in [0.25, 0.3) is 0 Å². The lowest BCUT2D eigenvalue weighted by Gasteiger charge is -2.15. The molecule has 1 unspecified atom stereocenters. The molecule has 0 aliphatic heterocycles. The molecule has 0 aliphatic carbocycles. The van der Waals surface area contributed by atoms with E-state index < -0.39 is 0 Å². The van der Waals surface area contributed by atoms with Crippen LogP contribution >= 0.6 is 11.8 Å². The van der Waals surface area contributed by atoms with E-state index in [4.69, 9.17) is 15.5 Å². The van der Waals surface area contributed by atoms with Crippen LogP contribution in [0.2, 0.25) is 0 Å². The lowest BCUT2D eigenvalue weighted by molar-refractivity contribution is -0.143. The molecule has 0 aromatic rings. The van der Waals surface area contributed by atoms with Crippen molar-refractivity contribution in [2.75, 3.05) is 24.7 Å². The van der Waals surface area contributed by atoms with Gasteiger partial charge >= 0.3 is 5.97 Å². The number of rotatable bonds is 32. The van der Waals surface area contributed by atoms with E-state index in [0.717, 1.165) is 43.1 Å². The van der Waals surface area contributed by atoms with Crippen molar-refractivity contribution in [3.8, 4) is 0 Å². The first-order chi connectivity index (χ1) is 19.6. The minimum Gasteiger partial charge on any atom is -0.466 e. The number of hydrogen-bond acceptors (Lipinski definition) is 4. The number of aliphatic imine (C=N–C) groups is 1. The first-order valence-electron chi connectivity index (χ1n) is 17.7. The summed E-state index contributed by atoms with van der Waals surface area (Å²) in [5.74, 6) is 3.34. The topological polar surface area (TPSA) is 64.7 Å². The number of nitrogens with zero attached hydrogens (tertiary/aromatic N) is 1. The number of carbonyl (C=O) groups is 1. The summed E-state index contributed by atoms with van der Waals surface area (Å²) < 4.78 is 5.42. The molecule has 0 amide bonds. The molecule has 0 saturated carbocycles. The van der Waals surface area contributed by atoms with Crippen molar-refractivity contribution >= 4 is 23.6 Å². The van der Waals surface area contributed by atoms with Gasteiger partial charge in [-0.25, -0.2) is 0 Å². The molecule has 0 aliphatic rings. The summed E-state index contributed by atoms with van der Waals surface area (Å²) in [4.78, 5) is 16.8. The highest BCUT2D eigenvalue weighted by atomic mass is 32.2. The number of unbranched alkanes of at least 4 members (excludes halogenated alkanes) is 17. The van der Waals surface area contributed by atoms with Crippen LogP contribution in [0.15, 0.2) is 4.99 Å². The van der Waals surface area contributed by atoms with Gasteiger partial charge in [-0.05, 0) is 37.4 Å². The number of hydrogen-bond donors (Lipinski definition) is 1. The van der Waals surface area contributed by atoms with Gasteiger partial charge in [0.05, 0.1) is 18.9 Å². The van der Waals surface area contributed by atoms with E-state index in [9.17, 15) is 4.79 Å². The Balaban J connectivity index is 3.80. The predicted octanol–water partition coefficient (Wildman–Crippen LogP) is 11.0. The van der Waals surface area contributed by atoms with Crippen molar-refractivity contribution in [2.24, 2.45) is 16.6 Å². The quantitative estimate of drug-likeness (QED) is 0.0371. The predicted molar refractivity (Wildman–Crippen MR) is 181 cm³/mol. The summed E-state index contributed by atoms with van der Waals surface area (Å²) >= 11 is 1.83. The molecule has 4 nitrogen and oxygen atoms in total. The molecule has 1 atom stereocenters. The van der Waals surface area contributed by atoms with Crippen LogP contribution in [0.5, 0.6) is 0 Å². The van der Waals surface area contributed by atoms with Crippen molar-refractivity contribution in [1.29, 1.82) is 0 Å². The molecule has 0 aromatic carbocycles. The number of thioether (sulfide) groups is 1. The third kappa shape index (κ3) is 30.3. The maximum Gasteiger partial charge on any atom is 0.306 e. The van der Waals surface area contributed by atoms with Crippen molar-refractivity contribution in [3.05, 3.63) is 0 Å². The zero-order valence-electron chi connectivity index (χ0n) is 27.3. The van der Waals surface area contributed by atoms with Crippen LogP contribution in [0.1, 0.15) is 181 Å². The largest absolute Gasteiger partial charge is 0.466 e. The van der Waals surface area contributed by atoms with E-state index in [2.05, 4.69) is 20.8 Å². The van der Waals surface area contributed by atoms with Gasteiger partial charge in [0, 0.05) is 18.7 Å². The Morgan fingerprint density at radius 2 is 1.10 bits per heavy atom. The number of amidine groups is 1. The molecular weight excluding hydrogens is 512 g/mol. The molecule has 0 rings (SSSR count). The van der Waals surface area contributed by atoms with Gasteiger partial charge in [-0.15, -0.1) is 0 Å². The van der Waals surface area contributed by atoms with Crippen LogP contribution in [-0.4, -0.2) is 36.5 Å². The standard InChI is InChI=1S/C35H70N2O2S/c1-4-7-10-13-15-16-17-18-20-23-29-39-35(38)28-31-40-30-24-27-34(36)37-32-33(25-21-12-9-6-3)26-22-19-14-11-8-5-2/h33H,4-32H2,1-3H3,(H2,36,37). The van der Waals surface area contributed by atoms with E-state index in [0.29, 0.717) is 18.9 Å². The third-order valence-electron chi connectivity index (χ3n) is 7.92. The van der Waals surface area contributed by atoms with Crippen LogP contribution in [0.3, 0.4) is 0 Å². The van der Waals surface area contributed by atoms with E-state index >= 15 is 0 Å². The first-order valence-corrected chi connectivity index (χ1v) is 18.8. The van der Waals surface area contributed by atoms with Crippen molar-refractivity contribution in [3.63, 3.8) is 0 Å². The maximum atomic E-state index is 12.0. The normalized spacial score (nSPS) is 12.6. The second-order valence-electron chi connectivity index (χ2n) is 12.0. The maximum absolute atomic E-state index is 12.0. The monoisotopic (exact) mass is 583 g/mol. The van der Waals surface area contributed by atoms with Gasteiger partial charge in [-0.1, -0.05) is 143 Å². The van der Waals surface area contributed by atoms with Crippen LogP contribution in [0, 0.1) is 5.92 Å². The summed E-state index contributed by atoms with van der Waals surface area (Å²) in [5, 5.41) is 0. The van der Waals surface area contributed by atoms with Crippen molar-refractivity contribution in [2.45, 2.75) is 181 Å². The average molecular weight is 583 g/mol. The van der Waals surface area contributed by atoms with E-state index in [-0.39, 0.29) is 5.97 Å². The van der Waals surface area contributed by atoms with Gasteiger partial charge in [-0.2, -0.15) is 11.8 Å². The number of carbonyl (C=O) groups excluding carboxylic acids is 1. The van der Waals surface area contributed by atoms with Gasteiger partial charge in [0.2, 0.25) is 0 Å². The Kier molecular flexibility index (Phi) is 32.2. The molecule has 0 saturated heterocycles. The molecule has 40 heavy (non-hydrogen) atoms. The summed E-state index contributed by atoms with van der Waals surface area (Å²) in [5.41, 5.74) is 6.27. The highest BCUT2D eigenvalue weighted by Crippen LogP contribution is 2.20. The SMILES string of the molecule is CCCCCCCCCCCCOC(=O)CCSCCCC(N)=NCC(CCCCCC)CCCCCCCC. The fourth-order valence-corrected chi connectivity index (χ4v) is 6.05. The zero-order valence-corrected chi connectivity index (χ0v) is 28.1. The highest BCUT2D eigenvalue weighted by molar-refractivity contribution is 7.99. The molecule has 0 aromatic heterocycles. The lowest BCUT2D eigenvalue weighted by atomic mass is 9.94. The van der Waals surface area contributed by atoms with Gasteiger partial charge in [0.1, 0.15) is 0 Å². The Hall–Kier alpha value is -0.710. The minimum absolute atomic E-state index is 0.0418. The third-order valence-corrected chi connectivity index (χ3v) is 8.99. The van der Waals surface area contributed by atoms with Crippen molar-refractivity contribution in [1.82, 2.24) is 0 Å². The average Bonchev–Trinajstić information content (AvgIpc) is 2.95. The summed E-state index contributed by atoms with van der Waals surface area (Å²) in [6.07, 6.45) is 31.6. The van der Waals surface area contributed by atoms with Gasteiger partial charge in [-0.3, -0.25) is 9.79 Å². The highest BCUT2D eigenvalue weighted by Gasteiger charge is 2.09. The summed E-state index contributed by atoms with van der Waals surface area (Å²) in [7, 11) is 0. The lowest BCUT2D eigenvalue weighted by Crippen LogP contribution is -2.15. The molecule has 238 valence electrons. The van der Waals surface area contributed by atoms with Crippen molar-refractivity contribution < 1.29 is 9.53 Å². The van der Waals surface area contributed by atoms with E-state index in [1.165, 1.54) is 135 Å². The Morgan fingerprint density at radius 3 is 1.65 bits per heavy atom. The van der Waals surface area contributed by atoms with Gasteiger partial charge < -0.3 is 10.5 Å². The van der Waals surface area contributed by atoms with Crippen LogP contribution in [-0.2, 0) is 9.53 Å². The summed E-state index contributed by atoms with van der Waals surface area (Å²) in [6.45, 7) is 8.33. The van der Waals surface area contributed by atoms with Crippen LogP contribution in [0.25, 0.3) is 0 Å². The van der Waals surface area contributed by atoms with E-state index in [1.54, 1.807) is 0 Å². The van der Waals surface area contributed by atoms with E-state index in [1.807, 2.05) is 11.8 Å². The number of ether oxygens (including phenoxy) is 1. The van der Waals surface area contributed by atoms with Crippen LogP contribution in [0.4, 0.5) is 0 Å². The molecule has 2 N–H and O–H groups in total. The van der Waals surface area contributed by atoms with Crippen LogP contribution < -0.4 is 5.73 Å². The molecule has 0 heterocycles. The second-order valence-corrected chi connectivity index (χ2v) is 13.2. The number of nitrogens with two attached hydrogens (primary N) is 1.